The average molecular weight is 251 g/mol. The number of benzene rings is 1. The molecule has 1 aromatic rings. The highest BCUT2D eigenvalue weighted by molar-refractivity contribution is 7.85. The van der Waals surface area contributed by atoms with Gasteiger partial charge in [0.15, 0.2) is 0 Å². The van der Waals surface area contributed by atoms with Crippen molar-refractivity contribution in [3.8, 4) is 0 Å². The van der Waals surface area contributed by atoms with Crippen LogP contribution in [0.1, 0.15) is 36.1 Å². The van der Waals surface area contributed by atoms with E-state index in [1.807, 2.05) is 0 Å². The maximum absolute atomic E-state index is 11.9. The van der Waals surface area contributed by atoms with Gasteiger partial charge in [0.05, 0.1) is 0 Å². The molecule has 1 saturated heterocycles. The van der Waals surface area contributed by atoms with Crippen molar-refractivity contribution in [2.75, 3.05) is 11.5 Å². The minimum atomic E-state index is -0.678. The van der Waals surface area contributed by atoms with Crippen LogP contribution in [-0.4, -0.2) is 21.8 Å². The first kappa shape index (κ1) is 12.8. The molecule has 0 saturated carbocycles. The van der Waals surface area contributed by atoms with E-state index in [1.54, 1.807) is 0 Å². The smallest absolute Gasteiger partial charge is 0.0441 e. The van der Waals surface area contributed by atoms with Crippen LogP contribution < -0.4 is 5.32 Å². The Balaban J connectivity index is 2.26. The molecule has 1 aromatic carbocycles. The molecule has 1 aliphatic rings. The van der Waals surface area contributed by atoms with E-state index in [-0.39, 0.29) is 6.04 Å². The fourth-order valence-electron chi connectivity index (χ4n) is 2.41. The molecule has 2 nitrogen and oxygen atoms in total. The monoisotopic (exact) mass is 251 g/mol. The quantitative estimate of drug-likeness (QED) is 0.875. The van der Waals surface area contributed by atoms with Crippen LogP contribution in [0.15, 0.2) is 18.2 Å². The van der Waals surface area contributed by atoms with Crippen molar-refractivity contribution in [2.45, 2.75) is 39.3 Å². The molecule has 94 valence electrons. The van der Waals surface area contributed by atoms with E-state index in [4.69, 9.17) is 0 Å². The van der Waals surface area contributed by atoms with Crippen LogP contribution in [0.2, 0.25) is 0 Å². The van der Waals surface area contributed by atoms with Crippen LogP contribution in [0.3, 0.4) is 0 Å². The highest BCUT2D eigenvalue weighted by atomic mass is 32.2. The third-order valence-corrected chi connectivity index (χ3v) is 4.96. The molecule has 0 aliphatic carbocycles. The third kappa shape index (κ3) is 2.96. The van der Waals surface area contributed by atoms with Crippen LogP contribution in [-0.2, 0) is 10.8 Å². The SMILES string of the molecule is CCC1CS(=O)CC(c2cc(C)ccc2C)N1. The molecule has 0 radical (unpaired) electrons. The van der Waals surface area contributed by atoms with E-state index < -0.39 is 10.8 Å². The van der Waals surface area contributed by atoms with Gasteiger partial charge in [0.1, 0.15) is 0 Å². The summed E-state index contributed by atoms with van der Waals surface area (Å²) in [5.74, 6) is 1.55. The predicted octanol–water partition coefficient (Wildman–Crippen LogP) is 2.48. The van der Waals surface area contributed by atoms with Crippen molar-refractivity contribution in [2.24, 2.45) is 0 Å². The number of rotatable bonds is 2. The normalized spacial score (nSPS) is 29.2. The molecule has 0 amide bonds. The Morgan fingerprint density at radius 3 is 2.82 bits per heavy atom. The molecule has 1 N–H and O–H groups in total. The van der Waals surface area contributed by atoms with Crippen molar-refractivity contribution in [3.05, 3.63) is 34.9 Å². The van der Waals surface area contributed by atoms with Crippen molar-refractivity contribution < 1.29 is 4.21 Å². The largest absolute Gasteiger partial charge is 0.305 e. The summed E-state index contributed by atoms with van der Waals surface area (Å²) < 4.78 is 11.9. The summed E-state index contributed by atoms with van der Waals surface area (Å²) in [7, 11) is -0.678. The Bertz CT molecular complexity index is 430. The molecule has 1 aliphatic heterocycles. The number of aryl methyl sites for hydroxylation is 2. The van der Waals surface area contributed by atoms with Crippen molar-refractivity contribution in [1.82, 2.24) is 5.32 Å². The average Bonchev–Trinajstić information content (AvgIpc) is 2.31. The van der Waals surface area contributed by atoms with E-state index in [0.29, 0.717) is 6.04 Å². The first-order valence-corrected chi connectivity index (χ1v) is 7.77. The minimum Gasteiger partial charge on any atom is -0.305 e. The minimum absolute atomic E-state index is 0.259. The molecule has 2 rings (SSSR count). The van der Waals surface area contributed by atoms with Gasteiger partial charge >= 0.3 is 0 Å². The van der Waals surface area contributed by atoms with Gasteiger partial charge in [-0.2, -0.15) is 0 Å². The lowest BCUT2D eigenvalue weighted by molar-refractivity contribution is 0.455. The first-order chi connectivity index (χ1) is 8.10. The maximum atomic E-state index is 11.9. The number of nitrogens with one attached hydrogen (secondary N) is 1. The second-order valence-corrected chi connectivity index (χ2v) is 6.50. The molecule has 0 spiro atoms. The first-order valence-electron chi connectivity index (χ1n) is 6.28. The van der Waals surface area contributed by atoms with E-state index in [1.165, 1.54) is 16.7 Å². The van der Waals surface area contributed by atoms with Crippen LogP contribution in [0.4, 0.5) is 0 Å². The lowest BCUT2D eigenvalue weighted by atomic mass is 9.99. The molecular weight excluding hydrogens is 230 g/mol. The van der Waals surface area contributed by atoms with Crippen LogP contribution in [0.5, 0.6) is 0 Å². The maximum Gasteiger partial charge on any atom is 0.0441 e. The van der Waals surface area contributed by atoms with Gasteiger partial charge in [0.25, 0.3) is 0 Å². The van der Waals surface area contributed by atoms with E-state index in [9.17, 15) is 4.21 Å². The summed E-state index contributed by atoms with van der Waals surface area (Å²) in [6.07, 6.45) is 1.05. The Hall–Kier alpha value is -0.670. The van der Waals surface area contributed by atoms with Gasteiger partial charge in [-0.1, -0.05) is 30.7 Å². The van der Waals surface area contributed by atoms with Gasteiger partial charge in [0.2, 0.25) is 0 Å². The molecule has 0 aromatic heterocycles. The van der Waals surface area contributed by atoms with E-state index in [0.717, 1.165) is 17.9 Å². The molecule has 3 heteroatoms. The van der Waals surface area contributed by atoms with Gasteiger partial charge < -0.3 is 5.32 Å². The topological polar surface area (TPSA) is 29.1 Å². The van der Waals surface area contributed by atoms with Crippen LogP contribution >= 0.6 is 0 Å². The lowest BCUT2D eigenvalue weighted by Crippen LogP contribution is -2.44. The lowest BCUT2D eigenvalue weighted by Gasteiger charge is -2.31. The zero-order valence-electron chi connectivity index (χ0n) is 10.8. The highest BCUT2D eigenvalue weighted by Crippen LogP contribution is 2.24. The van der Waals surface area contributed by atoms with Gasteiger partial charge in [-0.25, -0.2) is 0 Å². The van der Waals surface area contributed by atoms with Crippen molar-refractivity contribution in [1.29, 1.82) is 0 Å². The fraction of sp³-hybridized carbons (Fsp3) is 0.571. The second-order valence-electron chi connectivity index (χ2n) is 4.96. The van der Waals surface area contributed by atoms with Gasteiger partial charge in [-0.3, -0.25) is 4.21 Å². The van der Waals surface area contributed by atoms with Gasteiger partial charge in [-0.15, -0.1) is 0 Å². The second kappa shape index (κ2) is 5.32. The van der Waals surface area contributed by atoms with Gasteiger partial charge in [0, 0.05) is 34.4 Å². The molecular formula is C14H21NOS. The van der Waals surface area contributed by atoms with Gasteiger partial charge in [-0.05, 0) is 31.4 Å². The summed E-state index contributed by atoms with van der Waals surface area (Å²) in [5, 5.41) is 3.62. The molecule has 17 heavy (non-hydrogen) atoms. The Labute approximate surface area is 106 Å². The van der Waals surface area contributed by atoms with Crippen molar-refractivity contribution >= 4 is 10.8 Å². The summed E-state index contributed by atoms with van der Waals surface area (Å²) >= 11 is 0. The highest BCUT2D eigenvalue weighted by Gasteiger charge is 2.26. The molecule has 3 unspecified atom stereocenters. The summed E-state index contributed by atoms with van der Waals surface area (Å²) in [4.78, 5) is 0. The number of hydrogen-bond acceptors (Lipinski definition) is 2. The Morgan fingerprint density at radius 2 is 2.12 bits per heavy atom. The van der Waals surface area contributed by atoms with E-state index in [2.05, 4.69) is 44.3 Å². The van der Waals surface area contributed by atoms with Crippen LogP contribution in [0, 0.1) is 13.8 Å². The van der Waals surface area contributed by atoms with Crippen LogP contribution in [0.25, 0.3) is 0 Å². The molecule has 3 atom stereocenters. The molecule has 1 heterocycles. The number of hydrogen-bond donors (Lipinski definition) is 1. The molecule has 0 bridgehead atoms. The standard InChI is InChI=1S/C14H21NOS/c1-4-12-8-17(16)9-14(15-12)13-7-10(2)5-6-11(13)3/h5-7,12,14-15H,4,8-9H2,1-3H3. The Kier molecular flexibility index (Phi) is 4.00. The summed E-state index contributed by atoms with van der Waals surface area (Å²) in [6.45, 7) is 6.40. The van der Waals surface area contributed by atoms with E-state index >= 15 is 0 Å². The summed E-state index contributed by atoms with van der Waals surface area (Å²) in [5.41, 5.74) is 3.88. The zero-order valence-corrected chi connectivity index (χ0v) is 11.6. The Morgan fingerprint density at radius 1 is 1.35 bits per heavy atom. The predicted molar refractivity (Wildman–Crippen MR) is 73.7 cm³/mol. The molecule has 1 fully saturated rings. The fourth-order valence-corrected chi connectivity index (χ4v) is 3.97. The van der Waals surface area contributed by atoms with Crippen molar-refractivity contribution in [3.63, 3.8) is 0 Å². The third-order valence-electron chi connectivity index (χ3n) is 3.48. The zero-order chi connectivity index (χ0) is 12.4. The summed E-state index contributed by atoms with van der Waals surface area (Å²) in [6, 6.07) is 7.17.